The molecule has 0 aromatic heterocycles. The number of hydrogen-bond acceptors (Lipinski definition) is 2. The van der Waals surface area contributed by atoms with E-state index in [4.69, 9.17) is 0 Å². The zero-order valence-electron chi connectivity index (χ0n) is 11.8. The highest BCUT2D eigenvalue weighted by molar-refractivity contribution is 7.99. The fourth-order valence-corrected chi connectivity index (χ4v) is 3.74. The molecule has 3 rings (SSSR count). The quantitative estimate of drug-likeness (QED) is 0.555. The topological polar surface area (TPSA) is 0 Å². The van der Waals surface area contributed by atoms with E-state index in [1.807, 2.05) is 17.8 Å². The van der Waals surface area contributed by atoms with Gasteiger partial charge in [-0.05, 0) is 55.0 Å². The molecule has 0 heterocycles. The third-order valence-electron chi connectivity index (χ3n) is 3.12. The van der Waals surface area contributed by atoms with Crippen LogP contribution in [-0.2, 0) is 0 Å². The molecule has 0 aliphatic carbocycles. The highest BCUT2D eigenvalue weighted by Crippen LogP contribution is 2.33. The Morgan fingerprint density at radius 1 is 0.524 bits per heavy atom. The number of hydrogen-bond donors (Lipinski definition) is 0. The van der Waals surface area contributed by atoms with E-state index in [-0.39, 0.29) is 0 Å². The monoisotopic (exact) mass is 308 g/mol. The van der Waals surface area contributed by atoms with Gasteiger partial charge in [-0.3, -0.25) is 0 Å². The first-order chi connectivity index (χ1) is 10.3. The maximum absolute atomic E-state index is 2.20. The van der Waals surface area contributed by atoms with Gasteiger partial charge in [-0.1, -0.05) is 59.9 Å². The third kappa shape index (κ3) is 3.93. The second-order valence-corrected chi connectivity index (χ2v) is 7.02. The van der Waals surface area contributed by atoms with Gasteiger partial charge in [0.05, 0.1) is 0 Å². The summed E-state index contributed by atoms with van der Waals surface area (Å²) >= 11 is 3.62. The summed E-state index contributed by atoms with van der Waals surface area (Å²) in [7, 11) is 0. The molecule has 0 N–H and O–H groups in total. The molecular formula is C19H16S2. The van der Waals surface area contributed by atoms with E-state index in [9.17, 15) is 0 Å². The van der Waals surface area contributed by atoms with Crippen molar-refractivity contribution in [3.05, 3.63) is 84.4 Å². The van der Waals surface area contributed by atoms with Crippen LogP contribution in [0.15, 0.2) is 98.4 Å². The minimum absolute atomic E-state index is 1.27. The van der Waals surface area contributed by atoms with Gasteiger partial charge in [0, 0.05) is 19.6 Å². The van der Waals surface area contributed by atoms with Crippen LogP contribution in [0.2, 0.25) is 0 Å². The standard InChI is InChI=1S/C19H16S2/c1-15-7-5-6-10-19(15)21-18-13-11-17(12-14-18)20-16-8-3-2-4-9-16/h2-14H,1H3. The van der Waals surface area contributed by atoms with Gasteiger partial charge in [-0.15, -0.1) is 0 Å². The maximum Gasteiger partial charge on any atom is 0.0151 e. The molecule has 0 saturated carbocycles. The fourth-order valence-electron chi connectivity index (χ4n) is 2.00. The number of aryl methyl sites for hydroxylation is 1. The normalized spacial score (nSPS) is 10.5. The smallest absolute Gasteiger partial charge is 0.0151 e. The molecule has 0 unspecified atom stereocenters. The van der Waals surface area contributed by atoms with Crippen LogP contribution in [-0.4, -0.2) is 0 Å². The lowest BCUT2D eigenvalue weighted by Crippen LogP contribution is -1.79. The molecule has 0 bridgehead atoms. The first-order valence-electron chi connectivity index (χ1n) is 6.88. The van der Waals surface area contributed by atoms with E-state index in [0.29, 0.717) is 0 Å². The molecule has 3 aromatic carbocycles. The molecule has 0 saturated heterocycles. The molecule has 104 valence electrons. The summed E-state index contributed by atoms with van der Waals surface area (Å²) in [6.07, 6.45) is 0. The van der Waals surface area contributed by atoms with Crippen molar-refractivity contribution in [2.45, 2.75) is 26.5 Å². The maximum atomic E-state index is 2.20. The molecule has 21 heavy (non-hydrogen) atoms. The van der Waals surface area contributed by atoms with Crippen LogP contribution in [0.1, 0.15) is 5.56 Å². The average Bonchev–Trinajstić information content (AvgIpc) is 2.52. The summed E-state index contributed by atoms with van der Waals surface area (Å²) in [4.78, 5) is 5.15. The summed E-state index contributed by atoms with van der Waals surface area (Å²) in [6.45, 7) is 2.15. The molecule has 0 aliphatic heterocycles. The molecule has 0 fully saturated rings. The Labute approximate surface area is 134 Å². The van der Waals surface area contributed by atoms with Gasteiger partial charge < -0.3 is 0 Å². The third-order valence-corrected chi connectivity index (χ3v) is 5.33. The van der Waals surface area contributed by atoms with Gasteiger partial charge in [-0.25, -0.2) is 0 Å². The van der Waals surface area contributed by atoms with Gasteiger partial charge >= 0.3 is 0 Å². The van der Waals surface area contributed by atoms with Crippen molar-refractivity contribution in [2.24, 2.45) is 0 Å². The van der Waals surface area contributed by atoms with Crippen LogP contribution in [0, 0.1) is 6.92 Å². The Balaban J connectivity index is 1.71. The summed E-state index contributed by atoms with van der Waals surface area (Å²) in [5.74, 6) is 0. The Morgan fingerprint density at radius 2 is 1.05 bits per heavy atom. The lowest BCUT2D eigenvalue weighted by Gasteiger charge is -2.06. The predicted octanol–water partition coefficient (Wildman–Crippen LogP) is 6.30. The fraction of sp³-hybridized carbons (Fsp3) is 0.0526. The SMILES string of the molecule is Cc1ccccc1Sc1ccc(Sc2ccccc2)cc1. The van der Waals surface area contributed by atoms with Crippen LogP contribution in [0.5, 0.6) is 0 Å². The summed E-state index contributed by atoms with van der Waals surface area (Å²) in [5.41, 5.74) is 1.32. The van der Waals surface area contributed by atoms with Crippen LogP contribution >= 0.6 is 23.5 Å². The lowest BCUT2D eigenvalue weighted by atomic mass is 10.2. The molecule has 0 amide bonds. The van der Waals surface area contributed by atoms with Crippen molar-refractivity contribution in [3.8, 4) is 0 Å². The van der Waals surface area contributed by atoms with Crippen molar-refractivity contribution in [1.29, 1.82) is 0 Å². The predicted molar refractivity (Wildman–Crippen MR) is 92.3 cm³/mol. The van der Waals surface area contributed by atoms with Crippen LogP contribution in [0.4, 0.5) is 0 Å². The van der Waals surface area contributed by atoms with E-state index in [1.165, 1.54) is 25.1 Å². The molecular weight excluding hydrogens is 292 g/mol. The summed E-state index contributed by atoms with van der Waals surface area (Å²) in [6, 6.07) is 27.8. The second-order valence-electron chi connectivity index (χ2n) is 4.75. The largest absolute Gasteiger partial charge is 0.0901 e. The van der Waals surface area contributed by atoms with Crippen LogP contribution < -0.4 is 0 Å². The van der Waals surface area contributed by atoms with Gasteiger partial charge in [0.1, 0.15) is 0 Å². The molecule has 0 radical (unpaired) electrons. The Bertz CT molecular complexity index is 703. The minimum Gasteiger partial charge on any atom is -0.0901 e. The zero-order chi connectivity index (χ0) is 14.5. The minimum atomic E-state index is 1.27. The van der Waals surface area contributed by atoms with E-state index in [0.717, 1.165) is 0 Å². The Kier molecular flexibility index (Phi) is 4.69. The van der Waals surface area contributed by atoms with Gasteiger partial charge in [0.15, 0.2) is 0 Å². The van der Waals surface area contributed by atoms with Crippen molar-refractivity contribution in [2.75, 3.05) is 0 Å². The summed E-state index contributed by atoms with van der Waals surface area (Å²) in [5, 5.41) is 0. The highest BCUT2D eigenvalue weighted by atomic mass is 32.2. The van der Waals surface area contributed by atoms with Crippen LogP contribution in [0.25, 0.3) is 0 Å². The average molecular weight is 308 g/mol. The van der Waals surface area contributed by atoms with E-state index in [2.05, 4.69) is 79.7 Å². The molecule has 0 atom stereocenters. The molecule has 3 aromatic rings. The molecule has 0 aliphatic rings. The van der Waals surface area contributed by atoms with E-state index >= 15 is 0 Å². The van der Waals surface area contributed by atoms with Crippen molar-refractivity contribution < 1.29 is 0 Å². The van der Waals surface area contributed by atoms with Crippen molar-refractivity contribution >= 4 is 23.5 Å². The molecule has 0 nitrogen and oxygen atoms in total. The summed E-state index contributed by atoms with van der Waals surface area (Å²) < 4.78 is 0. The zero-order valence-corrected chi connectivity index (χ0v) is 13.5. The van der Waals surface area contributed by atoms with Gasteiger partial charge in [0.25, 0.3) is 0 Å². The van der Waals surface area contributed by atoms with E-state index < -0.39 is 0 Å². The van der Waals surface area contributed by atoms with Gasteiger partial charge in [-0.2, -0.15) is 0 Å². The second kappa shape index (κ2) is 6.88. The van der Waals surface area contributed by atoms with E-state index in [1.54, 1.807) is 11.8 Å². The highest BCUT2D eigenvalue weighted by Gasteiger charge is 2.01. The lowest BCUT2D eigenvalue weighted by molar-refractivity contribution is 1.28. The molecule has 0 spiro atoms. The Hall–Kier alpha value is -1.64. The molecule has 2 heteroatoms. The van der Waals surface area contributed by atoms with Crippen molar-refractivity contribution in [1.82, 2.24) is 0 Å². The first-order valence-corrected chi connectivity index (χ1v) is 8.51. The van der Waals surface area contributed by atoms with Gasteiger partial charge in [0.2, 0.25) is 0 Å². The van der Waals surface area contributed by atoms with Crippen molar-refractivity contribution in [3.63, 3.8) is 0 Å². The first kappa shape index (κ1) is 14.3. The number of rotatable bonds is 4. The number of benzene rings is 3. The Morgan fingerprint density at radius 3 is 1.71 bits per heavy atom. The van der Waals surface area contributed by atoms with Crippen LogP contribution in [0.3, 0.4) is 0 Å².